The molecule has 3 heterocycles. The molecule has 0 aromatic carbocycles. The van der Waals surface area contributed by atoms with E-state index < -0.39 is 5.60 Å². The van der Waals surface area contributed by atoms with E-state index >= 15 is 0 Å². The fourth-order valence-electron chi connectivity index (χ4n) is 2.53. The summed E-state index contributed by atoms with van der Waals surface area (Å²) < 4.78 is 16.5. The number of aromatic nitrogens is 2. The molecule has 100 valence electrons. The first-order chi connectivity index (χ1) is 8.55. The standard InChI is InChI=1S/C12H19N3O3/c1-11(7-16-6-8(11)13)10-14-9(15-18-10)12(2)4-3-5-17-12/h8H,3-7,13H2,1-2H3. The highest BCUT2D eigenvalue weighted by atomic mass is 16.5. The second-order valence-electron chi connectivity index (χ2n) is 5.65. The molecular weight excluding hydrogens is 234 g/mol. The Kier molecular flexibility index (Phi) is 2.69. The van der Waals surface area contributed by atoms with E-state index in [2.05, 4.69) is 10.1 Å². The predicted molar refractivity (Wildman–Crippen MR) is 63.0 cm³/mol. The summed E-state index contributed by atoms with van der Waals surface area (Å²) in [6, 6.07) is -0.108. The molecule has 18 heavy (non-hydrogen) atoms. The first-order valence-corrected chi connectivity index (χ1v) is 6.37. The Hall–Kier alpha value is -0.980. The zero-order valence-electron chi connectivity index (χ0n) is 10.8. The Morgan fingerprint density at radius 2 is 2.22 bits per heavy atom. The van der Waals surface area contributed by atoms with Crippen molar-refractivity contribution in [2.45, 2.75) is 43.7 Å². The molecule has 2 aliphatic rings. The van der Waals surface area contributed by atoms with Crippen molar-refractivity contribution in [3.05, 3.63) is 11.7 Å². The topological polar surface area (TPSA) is 83.4 Å². The van der Waals surface area contributed by atoms with Crippen molar-refractivity contribution in [3.63, 3.8) is 0 Å². The van der Waals surface area contributed by atoms with Gasteiger partial charge in [-0.05, 0) is 26.7 Å². The van der Waals surface area contributed by atoms with Gasteiger partial charge in [0.1, 0.15) is 5.60 Å². The average molecular weight is 253 g/mol. The monoisotopic (exact) mass is 253 g/mol. The summed E-state index contributed by atoms with van der Waals surface area (Å²) in [5.74, 6) is 1.18. The lowest BCUT2D eigenvalue weighted by atomic mass is 9.86. The van der Waals surface area contributed by atoms with Crippen LogP contribution in [0.5, 0.6) is 0 Å². The first-order valence-electron chi connectivity index (χ1n) is 6.37. The molecule has 2 fully saturated rings. The highest BCUT2D eigenvalue weighted by Gasteiger charge is 2.46. The molecule has 6 heteroatoms. The van der Waals surface area contributed by atoms with Gasteiger partial charge in [0.15, 0.2) is 0 Å². The van der Waals surface area contributed by atoms with Crippen LogP contribution in [0, 0.1) is 0 Å². The maximum atomic E-state index is 6.06. The fraction of sp³-hybridized carbons (Fsp3) is 0.833. The minimum absolute atomic E-state index is 0.108. The number of rotatable bonds is 2. The van der Waals surface area contributed by atoms with Crippen LogP contribution in [-0.4, -0.2) is 36.0 Å². The Bertz CT molecular complexity index is 442. The highest BCUT2D eigenvalue weighted by molar-refractivity contribution is 5.13. The summed E-state index contributed by atoms with van der Waals surface area (Å²) in [6.45, 7) is 5.80. The van der Waals surface area contributed by atoms with E-state index in [-0.39, 0.29) is 11.5 Å². The van der Waals surface area contributed by atoms with Crippen LogP contribution in [0.2, 0.25) is 0 Å². The van der Waals surface area contributed by atoms with Crippen LogP contribution in [0.1, 0.15) is 38.4 Å². The second-order valence-corrected chi connectivity index (χ2v) is 5.65. The fourth-order valence-corrected chi connectivity index (χ4v) is 2.53. The van der Waals surface area contributed by atoms with E-state index in [0.29, 0.717) is 24.9 Å². The van der Waals surface area contributed by atoms with Crippen molar-refractivity contribution in [2.24, 2.45) is 5.73 Å². The van der Waals surface area contributed by atoms with Crippen molar-refractivity contribution in [1.29, 1.82) is 0 Å². The number of nitrogens with zero attached hydrogens (tertiary/aromatic N) is 2. The third-order valence-electron chi connectivity index (χ3n) is 4.12. The van der Waals surface area contributed by atoms with Crippen molar-refractivity contribution >= 4 is 0 Å². The number of ether oxygens (including phenoxy) is 2. The molecule has 1 aromatic rings. The van der Waals surface area contributed by atoms with E-state index in [0.717, 1.165) is 19.4 Å². The van der Waals surface area contributed by atoms with Crippen molar-refractivity contribution in [3.8, 4) is 0 Å². The minimum atomic E-state index is -0.415. The Morgan fingerprint density at radius 1 is 1.39 bits per heavy atom. The maximum Gasteiger partial charge on any atom is 0.236 e. The Labute approximate surface area is 106 Å². The Morgan fingerprint density at radius 3 is 2.83 bits per heavy atom. The lowest BCUT2D eigenvalue weighted by Gasteiger charge is -2.22. The predicted octanol–water partition coefficient (Wildman–Crippen LogP) is 0.710. The molecular formula is C12H19N3O3. The molecule has 6 nitrogen and oxygen atoms in total. The van der Waals surface area contributed by atoms with E-state index in [1.807, 2.05) is 13.8 Å². The Balaban J connectivity index is 1.90. The van der Waals surface area contributed by atoms with Crippen LogP contribution in [0.4, 0.5) is 0 Å². The van der Waals surface area contributed by atoms with E-state index in [1.165, 1.54) is 0 Å². The van der Waals surface area contributed by atoms with Crippen LogP contribution in [0.3, 0.4) is 0 Å². The number of hydrogen-bond donors (Lipinski definition) is 1. The van der Waals surface area contributed by atoms with Gasteiger partial charge >= 0.3 is 0 Å². The van der Waals surface area contributed by atoms with Gasteiger partial charge < -0.3 is 19.7 Å². The molecule has 2 aliphatic heterocycles. The lowest BCUT2D eigenvalue weighted by Crippen LogP contribution is -2.42. The smallest absolute Gasteiger partial charge is 0.236 e. The molecule has 0 amide bonds. The molecule has 0 radical (unpaired) electrons. The normalized spacial score (nSPS) is 40.5. The van der Waals surface area contributed by atoms with Gasteiger partial charge in [0.05, 0.1) is 18.6 Å². The zero-order chi connectivity index (χ0) is 12.8. The summed E-state index contributed by atoms with van der Waals surface area (Å²) in [5.41, 5.74) is 5.25. The summed E-state index contributed by atoms with van der Waals surface area (Å²) in [6.07, 6.45) is 1.95. The molecule has 0 bridgehead atoms. The van der Waals surface area contributed by atoms with Gasteiger partial charge in [-0.1, -0.05) is 5.16 Å². The average Bonchev–Trinajstić information content (AvgIpc) is 3.01. The zero-order valence-corrected chi connectivity index (χ0v) is 10.8. The third kappa shape index (κ3) is 1.67. The van der Waals surface area contributed by atoms with Crippen LogP contribution in [0.15, 0.2) is 4.52 Å². The number of hydrogen-bond acceptors (Lipinski definition) is 6. The SMILES string of the molecule is CC1(c2noc(C3(C)COCC3N)n2)CCCO1. The van der Waals surface area contributed by atoms with Crippen LogP contribution in [0.25, 0.3) is 0 Å². The van der Waals surface area contributed by atoms with Crippen LogP contribution >= 0.6 is 0 Å². The van der Waals surface area contributed by atoms with E-state index in [4.69, 9.17) is 19.7 Å². The largest absolute Gasteiger partial charge is 0.379 e. The highest BCUT2D eigenvalue weighted by Crippen LogP contribution is 2.36. The van der Waals surface area contributed by atoms with Crippen molar-refractivity contribution < 1.29 is 14.0 Å². The van der Waals surface area contributed by atoms with E-state index in [9.17, 15) is 0 Å². The molecule has 2 saturated heterocycles. The lowest BCUT2D eigenvalue weighted by molar-refractivity contribution is 0.00768. The van der Waals surface area contributed by atoms with Crippen LogP contribution < -0.4 is 5.73 Å². The molecule has 2 N–H and O–H groups in total. The molecule has 3 atom stereocenters. The summed E-state index contributed by atoms with van der Waals surface area (Å²) >= 11 is 0. The van der Waals surface area contributed by atoms with Gasteiger partial charge in [0, 0.05) is 12.6 Å². The van der Waals surface area contributed by atoms with Gasteiger partial charge in [-0.2, -0.15) is 4.98 Å². The van der Waals surface area contributed by atoms with E-state index in [1.54, 1.807) is 0 Å². The summed E-state index contributed by atoms with van der Waals surface area (Å²) in [7, 11) is 0. The van der Waals surface area contributed by atoms with Gasteiger partial charge in [-0.25, -0.2) is 0 Å². The molecule has 3 rings (SSSR count). The molecule has 0 aliphatic carbocycles. The minimum Gasteiger partial charge on any atom is -0.379 e. The first kappa shape index (κ1) is 12.1. The van der Waals surface area contributed by atoms with Gasteiger partial charge in [-0.15, -0.1) is 0 Å². The van der Waals surface area contributed by atoms with Crippen LogP contribution in [-0.2, 0) is 20.5 Å². The third-order valence-corrected chi connectivity index (χ3v) is 4.12. The molecule has 0 spiro atoms. The van der Waals surface area contributed by atoms with Gasteiger partial charge in [-0.3, -0.25) is 0 Å². The molecule has 3 unspecified atom stereocenters. The number of nitrogens with two attached hydrogens (primary N) is 1. The second kappa shape index (κ2) is 4.01. The molecule has 0 saturated carbocycles. The van der Waals surface area contributed by atoms with Crippen molar-refractivity contribution in [2.75, 3.05) is 19.8 Å². The quantitative estimate of drug-likeness (QED) is 0.835. The van der Waals surface area contributed by atoms with Crippen molar-refractivity contribution in [1.82, 2.24) is 10.1 Å². The molecule has 1 aromatic heterocycles. The summed E-state index contributed by atoms with van der Waals surface area (Å²) in [5, 5.41) is 4.07. The van der Waals surface area contributed by atoms with Gasteiger partial charge in [0.2, 0.25) is 11.7 Å². The van der Waals surface area contributed by atoms with Gasteiger partial charge in [0.25, 0.3) is 0 Å². The summed E-state index contributed by atoms with van der Waals surface area (Å²) in [4.78, 5) is 4.51. The maximum absolute atomic E-state index is 6.06.